The average Bonchev–Trinajstić information content (AvgIpc) is 3.40. The van der Waals surface area contributed by atoms with Crippen LogP contribution in [0.15, 0.2) is 97.2 Å². The number of ether oxygens (including phenoxy) is 1. The zero-order valence-electron chi connectivity index (χ0n) is 23.8. The molecular formula is C35H27Cl2F3N2O3. The van der Waals surface area contributed by atoms with Crippen molar-refractivity contribution in [2.24, 2.45) is 0 Å². The number of carbonyl (C=O) groups is 1. The smallest absolute Gasteiger partial charge is 0.389 e. The molecule has 0 aliphatic heterocycles. The summed E-state index contributed by atoms with van der Waals surface area (Å²) in [5.74, 6) is 0.212. The van der Waals surface area contributed by atoms with Crippen LogP contribution in [0.3, 0.4) is 0 Å². The van der Waals surface area contributed by atoms with E-state index in [-0.39, 0.29) is 18.6 Å². The van der Waals surface area contributed by atoms with Crippen LogP contribution >= 0.6 is 23.2 Å². The van der Waals surface area contributed by atoms with Crippen molar-refractivity contribution in [2.75, 3.05) is 6.61 Å². The second-order valence-electron chi connectivity index (χ2n) is 10.3. The lowest BCUT2D eigenvalue weighted by Gasteiger charge is -2.09. The lowest BCUT2D eigenvalue weighted by Crippen LogP contribution is -2.09. The molecule has 0 unspecified atom stereocenters. The van der Waals surface area contributed by atoms with Crippen LogP contribution < -0.4 is 4.74 Å². The summed E-state index contributed by atoms with van der Waals surface area (Å²) in [6, 6.07) is 27.1. The fraction of sp³-hybridized carbons (Fsp3) is 0.143. The Balaban J connectivity index is 1.32. The lowest BCUT2D eigenvalue weighted by atomic mass is 10.0. The van der Waals surface area contributed by atoms with Crippen molar-refractivity contribution < 1.29 is 27.8 Å². The number of rotatable bonds is 11. The van der Waals surface area contributed by atoms with Crippen molar-refractivity contribution >= 4 is 41.3 Å². The van der Waals surface area contributed by atoms with Gasteiger partial charge in [-0.1, -0.05) is 77.8 Å². The van der Waals surface area contributed by atoms with E-state index in [4.69, 9.17) is 32.9 Å². The first-order valence-electron chi connectivity index (χ1n) is 14.0. The Labute approximate surface area is 268 Å². The van der Waals surface area contributed by atoms with Gasteiger partial charge in [0.15, 0.2) is 0 Å². The molecule has 4 aromatic carbocycles. The molecule has 5 nitrogen and oxygen atoms in total. The van der Waals surface area contributed by atoms with Gasteiger partial charge in [-0.25, -0.2) is 9.78 Å². The molecule has 1 aromatic heterocycles. The molecule has 0 amide bonds. The topological polar surface area (TPSA) is 64.3 Å². The van der Waals surface area contributed by atoms with Crippen LogP contribution in [0.2, 0.25) is 10.0 Å². The van der Waals surface area contributed by atoms with Crippen molar-refractivity contribution in [1.29, 1.82) is 0 Å². The standard InChI is InChI=1S/C35H27Cl2F3N2O3/c36-28-13-16-30(31(37)20-28)32-22-42(21-24-4-9-27(10-5-24)34(43)44)33(41-32)17-6-23-2-7-25(8-3-23)26-11-14-29(15-12-26)45-19-1-18-35(38,39)40/h2-17,20,22H,1,18-19,21H2,(H,43,44)/b17-6+. The van der Waals surface area contributed by atoms with Gasteiger partial charge in [0.25, 0.3) is 0 Å². The van der Waals surface area contributed by atoms with Crippen molar-refractivity contribution in [3.05, 3.63) is 130 Å². The summed E-state index contributed by atoms with van der Waals surface area (Å²) in [4.78, 5) is 16.1. The number of imidazole rings is 1. The first-order chi connectivity index (χ1) is 21.5. The first-order valence-corrected chi connectivity index (χ1v) is 14.7. The molecule has 0 aliphatic carbocycles. The van der Waals surface area contributed by atoms with Crippen LogP contribution in [0.25, 0.3) is 34.5 Å². The van der Waals surface area contributed by atoms with E-state index < -0.39 is 18.6 Å². The third-order valence-electron chi connectivity index (χ3n) is 6.96. The number of halogens is 5. The van der Waals surface area contributed by atoms with E-state index in [1.807, 2.05) is 65.4 Å². The van der Waals surface area contributed by atoms with Gasteiger partial charge in [0.05, 0.1) is 22.9 Å². The van der Waals surface area contributed by atoms with Gasteiger partial charge in [-0.05, 0) is 77.2 Å². The van der Waals surface area contributed by atoms with E-state index >= 15 is 0 Å². The maximum atomic E-state index is 12.3. The Hall–Kier alpha value is -4.53. The van der Waals surface area contributed by atoms with Gasteiger partial charge in [0, 0.05) is 29.7 Å². The van der Waals surface area contributed by atoms with Crippen LogP contribution in [0.1, 0.15) is 40.2 Å². The summed E-state index contributed by atoms with van der Waals surface area (Å²) in [7, 11) is 0. The molecule has 1 heterocycles. The molecular weight excluding hydrogens is 624 g/mol. The number of hydrogen-bond acceptors (Lipinski definition) is 3. The highest BCUT2D eigenvalue weighted by molar-refractivity contribution is 6.36. The van der Waals surface area contributed by atoms with E-state index in [2.05, 4.69) is 0 Å². The Morgan fingerprint density at radius 2 is 1.56 bits per heavy atom. The van der Waals surface area contributed by atoms with E-state index in [1.54, 1.807) is 48.5 Å². The SMILES string of the molecule is O=C(O)c1ccc(Cn2cc(-c3ccc(Cl)cc3Cl)nc2/C=C/c2ccc(-c3ccc(OCCCC(F)(F)F)cc3)cc2)cc1. The predicted octanol–water partition coefficient (Wildman–Crippen LogP) is 10.2. The predicted molar refractivity (Wildman–Crippen MR) is 172 cm³/mol. The van der Waals surface area contributed by atoms with Gasteiger partial charge in [-0.3, -0.25) is 0 Å². The van der Waals surface area contributed by atoms with Crippen molar-refractivity contribution in [3.8, 4) is 28.1 Å². The summed E-state index contributed by atoms with van der Waals surface area (Å²) in [6.07, 6.45) is 0.610. The number of carboxylic acid groups (broad SMARTS) is 1. The second-order valence-corrected chi connectivity index (χ2v) is 11.1. The van der Waals surface area contributed by atoms with Crippen molar-refractivity contribution in [2.45, 2.75) is 25.6 Å². The van der Waals surface area contributed by atoms with Crippen molar-refractivity contribution in [3.63, 3.8) is 0 Å². The number of aromatic nitrogens is 2. The van der Waals surface area contributed by atoms with E-state index in [0.717, 1.165) is 27.8 Å². The molecule has 5 rings (SSSR count). The lowest BCUT2D eigenvalue weighted by molar-refractivity contribution is -0.136. The Morgan fingerprint density at radius 1 is 0.889 bits per heavy atom. The fourth-order valence-corrected chi connectivity index (χ4v) is 5.14. The third kappa shape index (κ3) is 8.77. The molecule has 0 saturated carbocycles. The third-order valence-corrected chi connectivity index (χ3v) is 7.51. The van der Waals surface area contributed by atoms with Gasteiger partial charge in [0.1, 0.15) is 11.6 Å². The summed E-state index contributed by atoms with van der Waals surface area (Å²) < 4.78 is 44.4. The number of benzene rings is 4. The highest BCUT2D eigenvalue weighted by atomic mass is 35.5. The monoisotopic (exact) mass is 650 g/mol. The number of alkyl halides is 3. The minimum absolute atomic E-state index is 0.00334. The molecule has 230 valence electrons. The van der Waals surface area contributed by atoms with Gasteiger partial charge >= 0.3 is 12.1 Å². The molecule has 0 aliphatic rings. The fourth-order valence-electron chi connectivity index (χ4n) is 4.63. The molecule has 1 N–H and O–H groups in total. The minimum atomic E-state index is -4.18. The Kier molecular flexibility index (Phi) is 9.96. The average molecular weight is 652 g/mol. The molecule has 0 bridgehead atoms. The Bertz CT molecular complexity index is 1800. The Morgan fingerprint density at radius 3 is 2.18 bits per heavy atom. The van der Waals surface area contributed by atoms with Crippen molar-refractivity contribution in [1.82, 2.24) is 9.55 Å². The number of hydrogen-bond donors (Lipinski definition) is 1. The van der Waals surface area contributed by atoms with Crippen LogP contribution in [0, 0.1) is 0 Å². The summed E-state index contributed by atoms with van der Waals surface area (Å²) in [5.41, 5.74) is 5.38. The molecule has 0 saturated heterocycles. The van der Waals surface area contributed by atoms with Gasteiger partial charge in [0.2, 0.25) is 0 Å². The van der Waals surface area contributed by atoms with Gasteiger partial charge in [-0.2, -0.15) is 13.2 Å². The van der Waals surface area contributed by atoms with Crippen LogP contribution in [0.5, 0.6) is 5.75 Å². The summed E-state index contributed by atoms with van der Waals surface area (Å²) in [6.45, 7) is 0.460. The van der Waals surface area contributed by atoms with Gasteiger partial charge < -0.3 is 14.4 Å². The van der Waals surface area contributed by atoms with Crippen LogP contribution in [-0.2, 0) is 6.54 Å². The summed E-state index contributed by atoms with van der Waals surface area (Å²) >= 11 is 12.6. The maximum absolute atomic E-state index is 12.3. The largest absolute Gasteiger partial charge is 0.494 e. The van der Waals surface area contributed by atoms with E-state index in [1.165, 1.54) is 0 Å². The quantitative estimate of drug-likeness (QED) is 0.144. The van der Waals surface area contributed by atoms with Crippen LogP contribution in [0.4, 0.5) is 13.2 Å². The molecule has 0 fully saturated rings. The second kappa shape index (κ2) is 14.1. The molecule has 0 atom stereocenters. The molecule has 45 heavy (non-hydrogen) atoms. The number of aromatic carboxylic acids is 1. The molecule has 0 spiro atoms. The van der Waals surface area contributed by atoms with Gasteiger partial charge in [-0.15, -0.1) is 0 Å². The highest BCUT2D eigenvalue weighted by Gasteiger charge is 2.26. The number of nitrogens with zero attached hydrogens (tertiary/aromatic N) is 2. The molecule has 0 radical (unpaired) electrons. The molecule has 10 heteroatoms. The minimum Gasteiger partial charge on any atom is -0.494 e. The molecule has 5 aromatic rings. The zero-order chi connectivity index (χ0) is 32.0. The van der Waals surface area contributed by atoms with Crippen LogP contribution in [-0.4, -0.2) is 33.4 Å². The highest BCUT2D eigenvalue weighted by Crippen LogP contribution is 2.31. The first kappa shape index (κ1) is 31.9. The number of carboxylic acids is 1. The maximum Gasteiger partial charge on any atom is 0.389 e. The summed E-state index contributed by atoms with van der Waals surface area (Å²) in [5, 5.41) is 10.2. The van der Waals surface area contributed by atoms with E-state index in [0.29, 0.717) is 33.9 Å². The van der Waals surface area contributed by atoms with E-state index in [9.17, 15) is 23.1 Å². The zero-order valence-corrected chi connectivity index (χ0v) is 25.3. The normalized spacial score (nSPS) is 11.7.